The van der Waals surface area contributed by atoms with Crippen LogP contribution >= 0.6 is 0 Å². The molecule has 26 heavy (non-hydrogen) atoms. The normalized spacial score (nSPS) is 19.2. The lowest BCUT2D eigenvalue weighted by Gasteiger charge is -2.28. The van der Waals surface area contributed by atoms with E-state index in [-0.39, 0.29) is 23.3 Å². The minimum atomic E-state index is -0.460. The Morgan fingerprint density at radius 3 is 2.42 bits per heavy atom. The molecule has 2 aliphatic rings. The van der Waals surface area contributed by atoms with Crippen LogP contribution in [0.4, 0.5) is 4.39 Å². The van der Waals surface area contributed by atoms with E-state index in [4.69, 9.17) is 4.74 Å². The second-order valence-corrected chi connectivity index (χ2v) is 7.15. The number of methoxy groups -OCH3 is 1. The number of rotatable bonds is 3. The molecule has 3 rings (SSSR count). The third-order valence-electron chi connectivity index (χ3n) is 5.44. The standard InChI is InChI=1S/C20H27FN2O3/c1-26-18-9-8-16(21)14-17(18)20(25)23-11-5-10-22(12-13-23)19(24)15-6-3-2-4-7-15/h8-9,14-15H,2-7,10-13H2,1H3. The molecule has 0 bridgehead atoms. The van der Waals surface area contributed by atoms with Crippen molar-refractivity contribution in [1.82, 2.24) is 9.80 Å². The molecule has 0 spiro atoms. The summed E-state index contributed by atoms with van der Waals surface area (Å²) in [5, 5.41) is 0. The van der Waals surface area contributed by atoms with Crippen molar-refractivity contribution in [1.29, 1.82) is 0 Å². The lowest BCUT2D eigenvalue weighted by atomic mass is 9.88. The van der Waals surface area contributed by atoms with Crippen molar-refractivity contribution in [3.05, 3.63) is 29.6 Å². The van der Waals surface area contributed by atoms with Crippen LogP contribution in [0, 0.1) is 11.7 Å². The van der Waals surface area contributed by atoms with Gasteiger partial charge in [0.15, 0.2) is 0 Å². The van der Waals surface area contributed by atoms with E-state index in [1.165, 1.54) is 31.7 Å². The second-order valence-electron chi connectivity index (χ2n) is 7.15. The monoisotopic (exact) mass is 362 g/mol. The maximum absolute atomic E-state index is 13.6. The van der Waals surface area contributed by atoms with Crippen LogP contribution in [0.2, 0.25) is 0 Å². The molecule has 0 unspecified atom stereocenters. The first kappa shape index (κ1) is 18.7. The van der Waals surface area contributed by atoms with Crippen LogP contribution in [-0.2, 0) is 4.79 Å². The molecule has 6 heteroatoms. The Kier molecular flexibility index (Phi) is 6.12. The first-order chi connectivity index (χ1) is 12.6. The van der Waals surface area contributed by atoms with E-state index in [9.17, 15) is 14.0 Å². The molecule has 2 fully saturated rings. The molecular weight excluding hydrogens is 335 g/mol. The highest BCUT2D eigenvalue weighted by Gasteiger charge is 2.29. The molecule has 1 aliphatic carbocycles. The molecule has 1 aliphatic heterocycles. The summed E-state index contributed by atoms with van der Waals surface area (Å²) in [6, 6.07) is 3.97. The summed E-state index contributed by atoms with van der Waals surface area (Å²) < 4.78 is 18.8. The average molecular weight is 362 g/mol. The van der Waals surface area contributed by atoms with Gasteiger partial charge >= 0.3 is 0 Å². The number of halogens is 1. The Morgan fingerprint density at radius 2 is 1.69 bits per heavy atom. The number of hydrogen-bond acceptors (Lipinski definition) is 3. The Labute approximate surface area is 154 Å². The second kappa shape index (κ2) is 8.52. The molecule has 0 N–H and O–H groups in total. The van der Waals surface area contributed by atoms with Gasteiger partial charge in [-0.3, -0.25) is 9.59 Å². The SMILES string of the molecule is COc1ccc(F)cc1C(=O)N1CCCN(C(=O)C2CCCCC2)CC1. The van der Waals surface area contributed by atoms with Gasteiger partial charge in [0.1, 0.15) is 11.6 Å². The fraction of sp³-hybridized carbons (Fsp3) is 0.600. The Balaban J connectivity index is 1.65. The van der Waals surface area contributed by atoms with Crippen molar-refractivity contribution in [2.75, 3.05) is 33.3 Å². The van der Waals surface area contributed by atoms with Crippen LogP contribution in [-0.4, -0.2) is 54.9 Å². The quantitative estimate of drug-likeness (QED) is 0.830. The first-order valence-corrected chi connectivity index (χ1v) is 9.51. The molecule has 1 aromatic carbocycles. The third kappa shape index (κ3) is 4.17. The van der Waals surface area contributed by atoms with Crippen LogP contribution in [0.5, 0.6) is 5.75 Å². The van der Waals surface area contributed by atoms with Crippen molar-refractivity contribution in [3.8, 4) is 5.75 Å². The predicted octanol–water partition coefficient (Wildman–Crippen LogP) is 3.09. The van der Waals surface area contributed by atoms with E-state index in [0.29, 0.717) is 31.9 Å². The van der Waals surface area contributed by atoms with E-state index in [1.54, 1.807) is 4.90 Å². The van der Waals surface area contributed by atoms with Crippen molar-refractivity contribution in [2.24, 2.45) is 5.92 Å². The van der Waals surface area contributed by atoms with E-state index in [1.807, 2.05) is 4.90 Å². The maximum Gasteiger partial charge on any atom is 0.257 e. The minimum absolute atomic E-state index is 0.148. The maximum atomic E-state index is 13.6. The van der Waals surface area contributed by atoms with Gasteiger partial charge in [-0.05, 0) is 37.5 Å². The molecule has 1 heterocycles. The number of ether oxygens (including phenoxy) is 1. The zero-order chi connectivity index (χ0) is 18.5. The Bertz CT molecular complexity index is 658. The Morgan fingerprint density at radius 1 is 1.00 bits per heavy atom. The summed E-state index contributed by atoms with van der Waals surface area (Å²) in [6.45, 7) is 2.25. The van der Waals surface area contributed by atoms with Gasteiger partial charge < -0.3 is 14.5 Å². The minimum Gasteiger partial charge on any atom is -0.496 e. The van der Waals surface area contributed by atoms with Crippen LogP contribution < -0.4 is 4.74 Å². The number of amides is 2. The number of benzene rings is 1. The van der Waals surface area contributed by atoms with Crippen LogP contribution in [0.15, 0.2) is 18.2 Å². The van der Waals surface area contributed by atoms with Crippen molar-refractivity contribution in [2.45, 2.75) is 38.5 Å². The largest absolute Gasteiger partial charge is 0.496 e. The summed E-state index contributed by atoms with van der Waals surface area (Å²) in [7, 11) is 1.47. The molecular formula is C20H27FN2O3. The lowest BCUT2D eigenvalue weighted by molar-refractivity contribution is -0.136. The van der Waals surface area contributed by atoms with E-state index in [0.717, 1.165) is 32.1 Å². The molecule has 142 valence electrons. The highest BCUT2D eigenvalue weighted by molar-refractivity contribution is 5.97. The lowest BCUT2D eigenvalue weighted by Crippen LogP contribution is -2.40. The smallest absolute Gasteiger partial charge is 0.257 e. The van der Waals surface area contributed by atoms with Crippen molar-refractivity contribution >= 4 is 11.8 Å². The highest BCUT2D eigenvalue weighted by atomic mass is 19.1. The molecule has 0 aromatic heterocycles. The molecule has 1 saturated heterocycles. The fourth-order valence-corrected chi connectivity index (χ4v) is 3.97. The van der Waals surface area contributed by atoms with Crippen LogP contribution in [0.1, 0.15) is 48.9 Å². The van der Waals surface area contributed by atoms with Crippen molar-refractivity contribution < 1.29 is 18.7 Å². The number of nitrogens with zero attached hydrogens (tertiary/aromatic N) is 2. The van der Waals surface area contributed by atoms with Gasteiger partial charge in [0.2, 0.25) is 5.91 Å². The summed E-state index contributed by atoms with van der Waals surface area (Å²) in [5.74, 6) is 0.0545. The van der Waals surface area contributed by atoms with Gasteiger partial charge in [-0.25, -0.2) is 4.39 Å². The van der Waals surface area contributed by atoms with Crippen LogP contribution in [0.3, 0.4) is 0 Å². The summed E-state index contributed by atoms with van der Waals surface area (Å²) in [6.07, 6.45) is 6.20. The van der Waals surface area contributed by atoms with Gasteiger partial charge in [-0.15, -0.1) is 0 Å². The molecule has 1 saturated carbocycles. The zero-order valence-corrected chi connectivity index (χ0v) is 15.4. The van der Waals surface area contributed by atoms with E-state index >= 15 is 0 Å². The predicted molar refractivity (Wildman–Crippen MR) is 96.6 cm³/mol. The molecule has 1 aromatic rings. The van der Waals surface area contributed by atoms with Gasteiger partial charge in [0.05, 0.1) is 12.7 Å². The van der Waals surface area contributed by atoms with Gasteiger partial charge in [-0.1, -0.05) is 19.3 Å². The molecule has 0 radical (unpaired) electrons. The van der Waals surface area contributed by atoms with Gasteiger partial charge in [-0.2, -0.15) is 0 Å². The number of hydrogen-bond donors (Lipinski definition) is 0. The number of carbonyl (C=O) groups excluding carboxylic acids is 2. The molecule has 5 nitrogen and oxygen atoms in total. The molecule has 0 atom stereocenters. The Hall–Kier alpha value is -2.11. The summed E-state index contributed by atoms with van der Waals surface area (Å²) in [5.41, 5.74) is 0.236. The third-order valence-corrected chi connectivity index (χ3v) is 5.44. The zero-order valence-electron chi connectivity index (χ0n) is 15.4. The topological polar surface area (TPSA) is 49.9 Å². The van der Waals surface area contributed by atoms with Gasteiger partial charge in [0.25, 0.3) is 5.91 Å². The molecule has 2 amide bonds. The number of carbonyl (C=O) groups is 2. The van der Waals surface area contributed by atoms with Crippen molar-refractivity contribution in [3.63, 3.8) is 0 Å². The average Bonchev–Trinajstić information content (AvgIpc) is 2.93. The van der Waals surface area contributed by atoms with E-state index in [2.05, 4.69) is 0 Å². The first-order valence-electron chi connectivity index (χ1n) is 9.51. The van der Waals surface area contributed by atoms with Gasteiger partial charge in [0, 0.05) is 32.1 Å². The highest BCUT2D eigenvalue weighted by Crippen LogP contribution is 2.26. The fourth-order valence-electron chi connectivity index (χ4n) is 3.97. The van der Waals surface area contributed by atoms with E-state index < -0.39 is 5.82 Å². The van der Waals surface area contributed by atoms with Crippen LogP contribution in [0.25, 0.3) is 0 Å². The summed E-state index contributed by atoms with van der Waals surface area (Å²) >= 11 is 0. The summed E-state index contributed by atoms with van der Waals surface area (Å²) in [4.78, 5) is 29.2.